The minimum absolute atomic E-state index is 0.125. The number of carbonyl (C=O) groups excluding carboxylic acids is 2. The average Bonchev–Trinajstić information content (AvgIpc) is 3.41. The summed E-state index contributed by atoms with van der Waals surface area (Å²) in [5.41, 5.74) is 1.98. The van der Waals surface area contributed by atoms with E-state index in [0.717, 1.165) is 20.9 Å². The lowest BCUT2D eigenvalue weighted by Gasteiger charge is -2.25. The minimum Gasteiger partial charge on any atom is -0.507 e. The lowest BCUT2D eigenvalue weighted by atomic mass is 9.94. The molecule has 0 unspecified atom stereocenters. The Morgan fingerprint density at radius 3 is 2.47 bits per heavy atom. The van der Waals surface area contributed by atoms with Crippen molar-refractivity contribution in [1.29, 1.82) is 0 Å². The van der Waals surface area contributed by atoms with E-state index >= 15 is 0 Å². The number of benzene rings is 3. The number of aromatic amines is 1. The smallest absolute Gasteiger partial charge is 0.295 e. The maximum Gasteiger partial charge on any atom is 0.295 e. The van der Waals surface area contributed by atoms with E-state index in [4.69, 9.17) is 0 Å². The van der Waals surface area contributed by atoms with Gasteiger partial charge in [0.25, 0.3) is 17.4 Å². The molecule has 1 saturated heterocycles. The Hall–Kier alpha value is -4.24. The third-order valence-corrected chi connectivity index (χ3v) is 6.91. The van der Waals surface area contributed by atoms with Gasteiger partial charge in [-0.1, -0.05) is 58.4 Å². The lowest BCUT2D eigenvalue weighted by Crippen LogP contribution is -2.32. The Kier molecular flexibility index (Phi) is 6.15. The zero-order valence-corrected chi connectivity index (χ0v) is 20.4. The van der Waals surface area contributed by atoms with E-state index in [0.29, 0.717) is 12.0 Å². The zero-order chi connectivity index (χ0) is 25.4. The molecule has 1 aromatic heterocycles. The molecule has 2 heterocycles. The Morgan fingerprint density at radius 1 is 1.03 bits per heavy atom. The van der Waals surface area contributed by atoms with Gasteiger partial charge in [0.2, 0.25) is 0 Å². The van der Waals surface area contributed by atoms with Gasteiger partial charge in [0, 0.05) is 39.7 Å². The van der Waals surface area contributed by atoms with Crippen LogP contribution < -0.4 is 0 Å². The summed E-state index contributed by atoms with van der Waals surface area (Å²) in [5.74, 6) is -2.06. The van der Waals surface area contributed by atoms with Crippen molar-refractivity contribution in [3.05, 3.63) is 116 Å². The minimum atomic E-state index is -1.11. The van der Waals surface area contributed by atoms with E-state index in [1.54, 1.807) is 30.3 Å². The molecule has 1 atom stereocenters. The molecule has 0 aliphatic carbocycles. The highest BCUT2D eigenvalue weighted by Gasteiger charge is 2.47. The van der Waals surface area contributed by atoms with Crippen molar-refractivity contribution < 1.29 is 19.6 Å². The molecule has 1 amide bonds. The zero-order valence-electron chi connectivity index (χ0n) is 18.8. The van der Waals surface area contributed by atoms with Crippen LogP contribution in [-0.2, 0) is 16.0 Å². The molecule has 8 nitrogen and oxygen atoms in total. The van der Waals surface area contributed by atoms with Crippen LogP contribution in [0.4, 0.5) is 5.69 Å². The number of amides is 1. The van der Waals surface area contributed by atoms with Crippen LogP contribution in [0.25, 0.3) is 16.7 Å². The number of nitrogens with zero attached hydrogens (tertiary/aromatic N) is 2. The number of fused-ring (bicyclic) bond motifs is 1. The summed E-state index contributed by atoms with van der Waals surface area (Å²) >= 11 is 3.34. The Labute approximate surface area is 214 Å². The average molecular weight is 546 g/mol. The van der Waals surface area contributed by atoms with Gasteiger partial charge < -0.3 is 15.0 Å². The third kappa shape index (κ3) is 4.07. The van der Waals surface area contributed by atoms with E-state index in [2.05, 4.69) is 20.9 Å². The van der Waals surface area contributed by atoms with E-state index < -0.39 is 22.7 Å². The molecule has 0 bridgehead atoms. The molecular formula is C27H20BrN3O5. The number of para-hydroxylation sites is 2. The Balaban J connectivity index is 1.62. The first-order valence-corrected chi connectivity index (χ1v) is 12.0. The number of Topliss-reactive ketones (excluding diaryl/α,β-unsaturated/α-hetero) is 1. The van der Waals surface area contributed by atoms with Gasteiger partial charge >= 0.3 is 0 Å². The van der Waals surface area contributed by atoms with Crippen LogP contribution >= 0.6 is 15.9 Å². The van der Waals surface area contributed by atoms with Crippen molar-refractivity contribution in [3.8, 4) is 0 Å². The van der Waals surface area contributed by atoms with Gasteiger partial charge in [-0.15, -0.1) is 0 Å². The summed E-state index contributed by atoms with van der Waals surface area (Å²) in [6.07, 6.45) is 2.26. The molecule has 3 aromatic carbocycles. The summed E-state index contributed by atoms with van der Waals surface area (Å²) < 4.78 is 0.772. The van der Waals surface area contributed by atoms with Crippen molar-refractivity contribution in [2.75, 3.05) is 6.54 Å². The number of aliphatic hydroxyl groups excluding tert-OH is 1. The maximum atomic E-state index is 13.2. The number of halogens is 1. The highest BCUT2D eigenvalue weighted by Crippen LogP contribution is 2.42. The standard InChI is InChI=1S/C27H20BrN3O5/c28-18-11-9-16(10-12-18)25(32)23-24(20-6-2-4-8-22(20)31(35)36)30(27(34)26(23)33)14-13-17-15-29-21-7-3-1-5-19(17)21/h1-12,15,24,29,32H,13-14H2/t24-/m0/s1. The molecule has 2 N–H and O–H groups in total. The number of nitro benzene ring substituents is 1. The molecule has 0 saturated carbocycles. The van der Waals surface area contributed by atoms with E-state index in [1.807, 2.05) is 30.5 Å². The molecule has 4 aromatic rings. The molecule has 1 aliphatic heterocycles. The Bertz CT molecular complexity index is 1540. The topological polar surface area (TPSA) is 117 Å². The number of aliphatic hydroxyl groups is 1. The monoisotopic (exact) mass is 545 g/mol. The second-order valence-electron chi connectivity index (χ2n) is 8.42. The van der Waals surface area contributed by atoms with Gasteiger partial charge in [-0.25, -0.2) is 0 Å². The molecule has 0 radical (unpaired) electrons. The molecule has 5 rings (SSSR count). The number of carbonyl (C=O) groups is 2. The summed E-state index contributed by atoms with van der Waals surface area (Å²) in [7, 11) is 0. The van der Waals surface area contributed by atoms with Gasteiger partial charge in [-0.2, -0.15) is 0 Å². The normalized spacial score (nSPS) is 17.1. The predicted molar refractivity (Wildman–Crippen MR) is 138 cm³/mol. The second kappa shape index (κ2) is 9.43. The summed E-state index contributed by atoms with van der Waals surface area (Å²) in [5, 5.41) is 24.0. The van der Waals surface area contributed by atoms with Crippen LogP contribution in [0.5, 0.6) is 0 Å². The lowest BCUT2D eigenvalue weighted by molar-refractivity contribution is -0.385. The number of nitro groups is 1. The van der Waals surface area contributed by atoms with Crippen molar-refractivity contribution >= 4 is 50.0 Å². The van der Waals surface area contributed by atoms with Gasteiger partial charge in [-0.05, 0) is 36.2 Å². The predicted octanol–water partition coefficient (Wildman–Crippen LogP) is 5.50. The number of H-pyrrole nitrogens is 1. The molecular weight excluding hydrogens is 526 g/mol. The molecule has 1 fully saturated rings. The number of likely N-dealkylation sites (tertiary alicyclic amines) is 1. The maximum absolute atomic E-state index is 13.2. The van der Waals surface area contributed by atoms with Crippen LogP contribution in [0.15, 0.2) is 89.0 Å². The van der Waals surface area contributed by atoms with Crippen molar-refractivity contribution in [2.45, 2.75) is 12.5 Å². The first-order valence-electron chi connectivity index (χ1n) is 11.2. The number of hydrogen-bond donors (Lipinski definition) is 2. The SMILES string of the molecule is O=C1C(=O)N(CCc2c[nH]c3ccccc23)[C@@H](c2ccccc2[N+](=O)[O-])C1=C(O)c1ccc(Br)cc1. The third-order valence-electron chi connectivity index (χ3n) is 6.38. The fourth-order valence-corrected chi connectivity index (χ4v) is 4.93. The Morgan fingerprint density at radius 2 is 1.72 bits per heavy atom. The van der Waals surface area contributed by atoms with E-state index in [-0.39, 0.29) is 29.1 Å². The number of nitrogens with one attached hydrogen (secondary N) is 1. The molecule has 1 aliphatic rings. The van der Waals surface area contributed by atoms with Crippen molar-refractivity contribution in [1.82, 2.24) is 9.88 Å². The number of aromatic nitrogens is 1. The van der Waals surface area contributed by atoms with Gasteiger partial charge in [-0.3, -0.25) is 19.7 Å². The fourth-order valence-electron chi connectivity index (χ4n) is 4.66. The number of rotatable bonds is 6. The van der Waals surface area contributed by atoms with Gasteiger partial charge in [0.15, 0.2) is 0 Å². The molecule has 36 heavy (non-hydrogen) atoms. The van der Waals surface area contributed by atoms with Crippen LogP contribution in [0.2, 0.25) is 0 Å². The molecule has 9 heteroatoms. The van der Waals surface area contributed by atoms with Crippen LogP contribution in [0.1, 0.15) is 22.7 Å². The first-order chi connectivity index (χ1) is 17.4. The number of ketones is 1. The molecule has 180 valence electrons. The first kappa shape index (κ1) is 23.5. The fraction of sp³-hybridized carbons (Fsp3) is 0.111. The summed E-state index contributed by atoms with van der Waals surface area (Å²) in [6, 6.07) is 19.2. The summed E-state index contributed by atoms with van der Waals surface area (Å²) in [4.78, 5) is 42.3. The van der Waals surface area contributed by atoms with Crippen LogP contribution in [-0.4, -0.2) is 38.1 Å². The highest BCUT2D eigenvalue weighted by molar-refractivity contribution is 9.10. The van der Waals surface area contributed by atoms with Crippen molar-refractivity contribution in [3.63, 3.8) is 0 Å². The number of hydrogen-bond acceptors (Lipinski definition) is 5. The van der Waals surface area contributed by atoms with Gasteiger partial charge in [0.05, 0.1) is 22.1 Å². The van der Waals surface area contributed by atoms with Crippen LogP contribution in [0.3, 0.4) is 0 Å². The second-order valence-corrected chi connectivity index (χ2v) is 9.34. The van der Waals surface area contributed by atoms with E-state index in [1.165, 1.54) is 23.1 Å². The summed E-state index contributed by atoms with van der Waals surface area (Å²) in [6.45, 7) is 0.125. The largest absolute Gasteiger partial charge is 0.507 e. The molecule has 0 spiro atoms. The van der Waals surface area contributed by atoms with E-state index in [9.17, 15) is 24.8 Å². The highest BCUT2D eigenvalue weighted by atomic mass is 79.9. The van der Waals surface area contributed by atoms with Crippen LogP contribution in [0, 0.1) is 10.1 Å². The van der Waals surface area contributed by atoms with Gasteiger partial charge in [0.1, 0.15) is 5.76 Å². The van der Waals surface area contributed by atoms with Crippen molar-refractivity contribution in [2.24, 2.45) is 0 Å². The quantitative estimate of drug-likeness (QED) is 0.109.